The molecule has 1 aromatic rings. The van der Waals surface area contributed by atoms with Crippen LogP contribution in [0.4, 0.5) is 5.69 Å². The monoisotopic (exact) mass is 314 g/mol. The van der Waals surface area contributed by atoms with Crippen molar-refractivity contribution in [3.63, 3.8) is 0 Å². The second kappa shape index (κ2) is 4.79. The lowest BCUT2D eigenvalue weighted by Gasteiger charge is -2.38. The first kappa shape index (κ1) is 11.8. The van der Waals surface area contributed by atoms with Crippen molar-refractivity contribution in [3.8, 4) is 0 Å². The fourth-order valence-corrected chi connectivity index (χ4v) is 3.33. The summed E-state index contributed by atoms with van der Waals surface area (Å²) in [6.45, 7) is 4.75. The molecule has 2 aliphatic rings. The van der Waals surface area contributed by atoms with Crippen LogP contribution in [-0.4, -0.2) is 37.1 Å². The van der Waals surface area contributed by atoms with Crippen LogP contribution in [0.1, 0.15) is 12.8 Å². The zero-order chi connectivity index (χ0) is 11.8. The van der Waals surface area contributed by atoms with Gasteiger partial charge in [-0.25, -0.2) is 0 Å². The lowest BCUT2D eigenvalue weighted by atomic mass is 10.1. The van der Waals surface area contributed by atoms with E-state index in [4.69, 9.17) is 11.6 Å². The number of hydrogen-bond donors (Lipinski definition) is 0. The van der Waals surface area contributed by atoms with Crippen LogP contribution in [0.2, 0.25) is 5.02 Å². The molecular formula is C13H16BrClN2. The average Bonchev–Trinajstić information content (AvgIpc) is 2.79. The Morgan fingerprint density at radius 3 is 2.94 bits per heavy atom. The fraction of sp³-hybridized carbons (Fsp3) is 0.538. The van der Waals surface area contributed by atoms with Gasteiger partial charge in [0.25, 0.3) is 0 Å². The number of hydrogen-bond acceptors (Lipinski definition) is 2. The minimum Gasteiger partial charge on any atom is -0.369 e. The SMILES string of the molecule is Clc1cc(N2CCN3CCCC3C2)ccc1Br. The predicted octanol–water partition coefficient (Wildman–Crippen LogP) is 3.39. The highest BCUT2D eigenvalue weighted by molar-refractivity contribution is 9.10. The molecule has 92 valence electrons. The Kier molecular flexibility index (Phi) is 3.33. The van der Waals surface area contributed by atoms with E-state index in [2.05, 4.69) is 37.9 Å². The van der Waals surface area contributed by atoms with E-state index in [1.165, 1.54) is 31.6 Å². The Bertz CT molecular complexity index is 424. The van der Waals surface area contributed by atoms with E-state index in [9.17, 15) is 0 Å². The lowest BCUT2D eigenvalue weighted by molar-refractivity contribution is 0.231. The highest BCUT2D eigenvalue weighted by atomic mass is 79.9. The van der Waals surface area contributed by atoms with Crippen molar-refractivity contribution in [3.05, 3.63) is 27.7 Å². The Balaban J connectivity index is 1.78. The maximum atomic E-state index is 6.16. The molecule has 0 bridgehead atoms. The van der Waals surface area contributed by atoms with Gasteiger partial charge in [-0.2, -0.15) is 0 Å². The summed E-state index contributed by atoms with van der Waals surface area (Å²) in [6.07, 6.45) is 2.71. The first-order valence-corrected chi connectivity index (χ1v) is 7.35. The molecule has 0 aromatic heterocycles. The van der Waals surface area contributed by atoms with Crippen LogP contribution in [0.3, 0.4) is 0 Å². The molecule has 0 saturated carbocycles. The molecule has 0 radical (unpaired) electrons. The van der Waals surface area contributed by atoms with Crippen LogP contribution in [0.15, 0.2) is 22.7 Å². The predicted molar refractivity (Wildman–Crippen MR) is 76.0 cm³/mol. The molecule has 1 unspecified atom stereocenters. The third-order valence-electron chi connectivity index (χ3n) is 3.86. The fourth-order valence-electron chi connectivity index (χ4n) is 2.91. The molecule has 4 heteroatoms. The van der Waals surface area contributed by atoms with Gasteiger partial charge in [0.2, 0.25) is 0 Å². The first-order valence-electron chi connectivity index (χ1n) is 6.18. The Morgan fingerprint density at radius 1 is 1.24 bits per heavy atom. The van der Waals surface area contributed by atoms with Gasteiger partial charge in [-0.3, -0.25) is 4.90 Å². The quantitative estimate of drug-likeness (QED) is 0.784. The minimum atomic E-state index is 0.756. The normalized spacial score (nSPS) is 25.1. The average molecular weight is 316 g/mol. The molecular weight excluding hydrogens is 300 g/mol. The second-order valence-electron chi connectivity index (χ2n) is 4.88. The molecule has 0 spiro atoms. The van der Waals surface area contributed by atoms with Gasteiger partial charge < -0.3 is 4.90 Å². The zero-order valence-corrected chi connectivity index (χ0v) is 12.0. The molecule has 0 aliphatic carbocycles. The number of rotatable bonds is 1. The lowest BCUT2D eigenvalue weighted by Crippen LogP contribution is -2.50. The summed E-state index contributed by atoms with van der Waals surface area (Å²) in [5, 5.41) is 0.802. The van der Waals surface area contributed by atoms with Crippen molar-refractivity contribution >= 4 is 33.2 Å². The van der Waals surface area contributed by atoms with E-state index in [-0.39, 0.29) is 0 Å². The largest absolute Gasteiger partial charge is 0.369 e. The van der Waals surface area contributed by atoms with E-state index in [0.717, 1.165) is 28.6 Å². The van der Waals surface area contributed by atoms with Crippen LogP contribution in [-0.2, 0) is 0 Å². The van der Waals surface area contributed by atoms with Gasteiger partial charge in [0, 0.05) is 35.8 Å². The number of anilines is 1. The molecule has 17 heavy (non-hydrogen) atoms. The topological polar surface area (TPSA) is 6.48 Å². The van der Waals surface area contributed by atoms with Crippen molar-refractivity contribution in [2.24, 2.45) is 0 Å². The third kappa shape index (κ3) is 2.33. The van der Waals surface area contributed by atoms with Crippen molar-refractivity contribution in [2.75, 3.05) is 31.1 Å². The molecule has 2 heterocycles. The maximum absolute atomic E-state index is 6.16. The van der Waals surface area contributed by atoms with Crippen LogP contribution in [0, 0.1) is 0 Å². The maximum Gasteiger partial charge on any atom is 0.0568 e. The summed E-state index contributed by atoms with van der Waals surface area (Å²) in [6, 6.07) is 7.02. The van der Waals surface area contributed by atoms with Gasteiger partial charge in [-0.05, 0) is 53.5 Å². The Labute approximate surface area is 116 Å². The standard InChI is InChI=1S/C13H16BrClN2/c14-12-4-3-10(8-13(12)15)17-7-6-16-5-1-2-11(16)9-17/h3-4,8,11H,1-2,5-7,9H2. The molecule has 2 fully saturated rings. The highest BCUT2D eigenvalue weighted by Crippen LogP contribution is 2.30. The summed E-state index contributed by atoms with van der Waals surface area (Å²) in [4.78, 5) is 5.09. The molecule has 1 atom stereocenters. The van der Waals surface area contributed by atoms with Gasteiger partial charge >= 0.3 is 0 Å². The Hall–Kier alpha value is -0.250. The molecule has 1 aromatic carbocycles. The van der Waals surface area contributed by atoms with Crippen LogP contribution in [0.5, 0.6) is 0 Å². The molecule has 0 N–H and O–H groups in total. The third-order valence-corrected chi connectivity index (χ3v) is 5.09. The van der Waals surface area contributed by atoms with Crippen molar-refractivity contribution in [1.29, 1.82) is 0 Å². The van der Waals surface area contributed by atoms with Crippen LogP contribution < -0.4 is 4.90 Å². The van der Waals surface area contributed by atoms with E-state index in [0.29, 0.717) is 0 Å². The molecule has 3 rings (SSSR count). The van der Waals surface area contributed by atoms with Gasteiger partial charge in [0.05, 0.1) is 5.02 Å². The van der Waals surface area contributed by atoms with Gasteiger partial charge in [0.1, 0.15) is 0 Å². The van der Waals surface area contributed by atoms with E-state index < -0.39 is 0 Å². The van der Waals surface area contributed by atoms with Gasteiger partial charge in [0.15, 0.2) is 0 Å². The Morgan fingerprint density at radius 2 is 2.12 bits per heavy atom. The molecule has 2 aliphatic heterocycles. The van der Waals surface area contributed by atoms with E-state index >= 15 is 0 Å². The number of piperazine rings is 1. The van der Waals surface area contributed by atoms with Crippen molar-refractivity contribution in [2.45, 2.75) is 18.9 Å². The smallest absolute Gasteiger partial charge is 0.0568 e. The molecule has 2 saturated heterocycles. The van der Waals surface area contributed by atoms with Gasteiger partial charge in [-0.15, -0.1) is 0 Å². The van der Waals surface area contributed by atoms with Crippen molar-refractivity contribution in [1.82, 2.24) is 4.90 Å². The zero-order valence-electron chi connectivity index (χ0n) is 9.70. The molecule has 2 nitrogen and oxygen atoms in total. The van der Waals surface area contributed by atoms with Crippen LogP contribution >= 0.6 is 27.5 Å². The van der Waals surface area contributed by atoms with Crippen molar-refractivity contribution < 1.29 is 0 Å². The van der Waals surface area contributed by atoms with Gasteiger partial charge in [-0.1, -0.05) is 11.6 Å². The number of halogens is 2. The molecule has 0 amide bonds. The van der Waals surface area contributed by atoms with E-state index in [1.807, 2.05) is 6.07 Å². The van der Waals surface area contributed by atoms with Crippen LogP contribution in [0.25, 0.3) is 0 Å². The summed E-state index contributed by atoms with van der Waals surface area (Å²) in [7, 11) is 0. The summed E-state index contributed by atoms with van der Waals surface area (Å²) >= 11 is 9.60. The number of benzene rings is 1. The number of nitrogens with zero attached hydrogens (tertiary/aromatic N) is 2. The number of fused-ring (bicyclic) bond motifs is 1. The van der Waals surface area contributed by atoms with E-state index in [1.54, 1.807) is 0 Å². The second-order valence-corrected chi connectivity index (χ2v) is 6.14. The first-order chi connectivity index (χ1) is 8.24. The summed E-state index contributed by atoms with van der Waals surface area (Å²) < 4.78 is 0.974. The summed E-state index contributed by atoms with van der Waals surface area (Å²) in [5.74, 6) is 0. The highest BCUT2D eigenvalue weighted by Gasteiger charge is 2.30. The minimum absolute atomic E-state index is 0.756. The summed E-state index contributed by atoms with van der Waals surface area (Å²) in [5.41, 5.74) is 1.25.